The molecule has 2 aromatic rings. The number of carbonyl (C=O) groups is 1. The van der Waals surface area contributed by atoms with Crippen molar-refractivity contribution in [1.82, 2.24) is 0 Å². The second-order valence-electron chi connectivity index (χ2n) is 6.24. The molecule has 1 aliphatic heterocycles. The molecule has 0 aliphatic carbocycles. The molecule has 0 bridgehead atoms. The maximum absolute atomic E-state index is 12.9. The molecule has 0 saturated carbocycles. The van der Waals surface area contributed by atoms with E-state index in [1.54, 1.807) is 25.3 Å². The quantitative estimate of drug-likeness (QED) is 0.417. The van der Waals surface area contributed by atoms with Gasteiger partial charge in [0, 0.05) is 0 Å². The molecule has 1 aliphatic rings. The van der Waals surface area contributed by atoms with E-state index >= 15 is 0 Å². The van der Waals surface area contributed by atoms with Gasteiger partial charge in [-0.15, -0.1) is 0 Å². The van der Waals surface area contributed by atoms with Crippen molar-refractivity contribution in [2.75, 3.05) is 12.0 Å². The minimum Gasteiger partial charge on any atom is -0.495 e. The number of carbonyl (C=O) groups excluding carboxylic acids is 1. The highest BCUT2D eigenvalue weighted by Crippen LogP contribution is 2.38. The third-order valence-electron chi connectivity index (χ3n) is 4.28. The van der Waals surface area contributed by atoms with Crippen LogP contribution >= 0.6 is 35.6 Å². The summed E-state index contributed by atoms with van der Waals surface area (Å²) in [7, 11) is 1.54. The number of anilines is 1. The van der Waals surface area contributed by atoms with Gasteiger partial charge >= 0.3 is 0 Å². The predicted octanol–water partition coefficient (Wildman–Crippen LogP) is 5.93. The number of rotatable bonds is 6. The van der Waals surface area contributed by atoms with Crippen molar-refractivity contribution in [1.29, 1.82) is 0 Å². The average molecular weight is 434 g/mol. The van der Waals surface area contributed by atoms with Crippen LogP contribution in [0.5, 0.6) is 11.5 Å². The first-order valence-corrected chi connectivity index (χ1v) is 10.4. The summed E-state index contributed by atoms with van der Waals surface area (Å²) in [6, 6.07) is 12.8. The second-order valence-corrected chi connectivity index (χ2v) is 8.32. The van der Waals surface area contributed by atoms with Gasteiger partial charge in [0.15, 0.2) is 4.32 Å². The number of halogens is 1. The Balaban J connectivity index is 1.80. The minimum atomic E-state index is -0.170. The van der Waals surface area contributed by atoms with E-state index in [4.69, 9.17) is 33.3 Å². The first kappa shape index (κ1) is 20.7. The molecule has 1 amide bonds. The molecule has 146 valence electrons. The highest BCUT2D eigenvalue weighted by atomic mass is 35.5. The SMILES string of the molecule is CC[C@@H](C)Oc1ccc(/C=C2\SC(=S)N(c3ccc(OC)c(Cl)c3)C2=O)cc1. The van der Waals surface area contributed by atoms with Gasteiger partial charge in [0.25, 0.3) is 5.91 Å². The lowest BCUT2D eigenvalue weighted by molar-refractivity contribution is -0.113. The van der Waals surface area contributed by atoms with Crippen molar-refractivity contribution < 1.29 is 14.3 Å². The summed E-state index contributed by atoms with van der Waals surface area (Å²) in [6.07, 6.45) is 2.94. The van der Waals surface area contributed by atoms with E-state index in [-0.39, 0.29) is 12.0 Å². The van der Waals surface area contributed by atoms with Gasteiger partial charge in [0.2, 0.25) is 0 Å². The molecule has 0 spiro atoms. The number of thioether (sulfide) groups is 1. The van der Waals surface area contributed by atoms with Crippen molar-refractivity contribution in [3.63, 3.8) is 0 Å². The average Bonchev–Trinajstić information content (AvgIpc) is 2.96. The smallest absolute Gasteiger partial charge is 0.270 e. The summed E-state index contributed by atoms with van der Waals surface area (Å²) in [5.41, 5.74) is 1.53. The number of nitrogens with zero attached hydrogens (tertiary/aromatic N) is 1. The summed E-state index contributed by atoms with van der Waals surface area (Å²) in [4.78, 5) is 14.9. The Hall–Kier alpha value is -2.02. The summed E-state index contributed by atoms with van der Waals surface area (Å²) < 4.78 is 11.4. The topological polar surface area (TPSA) is 38.8 Å². The largest absolute Gasteiger partial charge is 0.495 e. The van der Waals surface area contributed by atoms with Gasteiger partial charge in [0.05, 0.1) is 28.8 Å². The van der Waals surface area contributed by atoms with Crippen LogP contribution < -0.4 is 14.4 Å². The number of ether oxygens (including phenoxy) is 2. The molecule has 1 heterocycles. The Kier molecular flexibility index (Phi) is 6.65. The van der Waals surface area contributed by atoms with E-state index < -0.39 is 0 Å². The maximum atomic E-state index is 12.9. The molecule has 0 aromatic heterocycles. The van der Waals surface area contributed by atoms with Crippen molar-refractivity contribution >= 4 is 57.6 Å². The molecule has 0 radical (unpaired) electrons. The van der Waals surface area contributed by atoms with Crippen molar-refractivity contribution in [2.24, 2.45) is 0 Å². The first-order chi connectivity index (χ1) is 13.4. The first-order valence-electron chi connectivity index (χ1n) is 8.81. The molecular weight excluding hydrogens is 414 g/mol. The molecule has 4 nitrogen and oxygen atoms in total. The molecule has 2 aromatic carbocycles. The van der Waals surface area contributed by atoms with Crippen LogP contribution in [0.25, 0.3) is 6.08 Å². The molecule has 7 heteroatoms. The van der Waals surface area contributed by atoms with Gasteiger partial charge < -0.3 is 9.47 Å². The molecule has 1 saturated heterocycles. The van der Waals surface area contributed by atoms with E-state index in [9.17, 15) is 4.79 Å². The Morgan fingerprint density at radius 3 is 2.57 bits per heavy atom. The lowest BCUT2D eigenvalue weighted by atomic mass is 10.2. The Morgan fingerprint density at radius 2 is 1.96 bits per heavy atom. The van der Waals surface area contributed by atoms with Crippen LogP contribution in [0.1, 0.15) is 25.8 Å². The zero-order valence-electron chi connectivity index (χ0n) is 15.8. The number of methoxy groups -OCH3 is 1. The minimum absolute atomic E-state index is 0.165. The van der Waals surface area contributed by atoms with Crippen molar-refractivity contribution in [3.05, 3.63) is 58.0 Å². The monoisotopic (exact) mass is 433 g/mol. The second kappa shape index (κ2) is 8.99. The van der Waals surface area contributed by atoms with E-state index in [2.05, 4.69) is 6.92 Å². The van der Waals surface area contributed by atoms with Gasteiger partial charge in [0.1, 0.15) is 11.5 Å². The Bertz CT molecular complexity index is 928. The third kappa shape index (κ3) is 4.51. The fourth-order valence-corrected chi connectivity index (χ4v) is 4.15. The molecule has 3 rings (SSSR count). The highest BCUT2D eigenvalue weighted by Gasteiger charge is 2.33. The van der Waals surface area contributed by atoms with Crippen molar-refractivity contribution in [2.45, 2.75) is 26.4 Å². The normalized spacial score (nSPS) is 16.6. The summed E-state index contributed by atoms with van der Waals surface area (Å²) in [5.74, 6) is 1.19. The lowest BCUT2D eigenvalue weighted by Crippen LogP contribution is -2.27. The molecule has 1 fully saturated rings. The van der Waals surface area contributed by atoms with Gasteiger partial charge in [-0.1, -0.05) is 54.6 Å². The fraction of sp³-hybridized carbons (Fsp3) is 0.238. The highest BCUT2D eigenvalue weighted by molar-refractivity contribution is 8.27. The van der Waals surface area contributed by atoms with Crippen LogP contribution in [0.15, 0.2) is 47.4 Å². The van der Waals surface area contributed by atoms with Crippen LogP contribution in [0, 0.1) is 0 Å². The van der Waals surface area contributed by atoms with Gasteiger partial charge in [-0.3, -0.25) is 9.69 Å². The number of hydrogen-bond acceptors (Lipinski definition) is 5. The molecule has 0 unspecified atom stereocenters. The maximum Gasteiger partial charge on any atom is 0.270 e. The zero-order valence-corrected chi connectivity index (χ0v) is 18.2. The van der Waals surface area contributed by atoms with E-state index in [1.165, 1.54) is 16.7 Å². The van der Waals surface area contributed by atoms with Crippen LogP contribution in [0.3, 0.4) is 0 Å². The summed E-state index contributed by atoms with van der Waals surface area (Å²) in [6.45, 7) is 4.11. The fourth-order valence-electron chi connectivity index (χ4n) is 2.59. The predicted molar refractivity (Wildman–Crippen MR) is 120 cm³/mol. The van der Waals surface area contributed by atoms with Gasteiger partial charge in [-0.2, -0.15) is 0 Å². The standard InChI is InChI=1S/C21H20ClNO3S2/c1-4-13(2)26-16-8-5-14(6-9-16)11-19-20(24)23(21(27)28-19)15-7-10-18(25-3)17(22)12-15/h5-13H,4H2,1-3H3/b19-11-/t13-/m1/s1. The zero-order chi connectivity index (χ0) is 20.3. The van der Waals surface area contributed by atoms with Crippen LogP contribution in [-0.4, -0.2) is 23.4 Å². The summed E-state index contributed by atoms with van der Waals surface area (Å²) >= 11 is 12.9. The summed E-state index contributed by atoms with van der Waals surface area (Å²) in [5, 5.41) is 0.426. The van der Waals surface area contributed by atoms with E-state index in [0.717, 1.165) is 17.7 Å². The third-order valence-corrected chi connectivity index (χ3v) is 5.87. The number of thiocarbonyl (C=S) groups is 1. The number of hydrogen-bond donors (Lipinski definition) is 0. The van der Waals surface area contributed by atoms with E-state index in [0.29, 0.717) is 25.7 Å². The Labute approximate surface area is 179 Å². The van der Waals surface area contributed by atoms with Crippen LogP contribution in [0.4, 0.5) is 5.69 Å². The lowest BCUT2D eigenvalue weighted by Gasteiger charge is -2.15. The van der Waals surface area contributed by atoms with Crippen LogP contribution in [0.2, 0.25) is 5.02 Å². The van der Waals surface area contributed by atoms with Gasteiger partial charge in [-0.05, 0) is 55.3 Å². The van der Waals surface area contributed by atoms with Crippen LogP contribution in [-0.2, 0) is 4.79 Å². The number of benzene rings is 2. The molecular formula is C21H20ClNO3S2. The number of amides is 1. The molecule has 1 atom stereocenters. The Morgan fingerprint density at radius 1 is 1.25 bits per heavy atom. The van der Waals surface area contributed by atoms with E-state index in [1.807, 2.05) is 37.3 Å². The molecule has 0 N–H and O–H groups in total. The van der Waals surface area contributed by atoms with Gasteiger partial charge in [-0.25, -0.2) is 0 Å². The van der Waals surface area contributed by atoms with Crippen molar-refractivity contribution in [3.8, 4) is 11.5 Å². The molecule has 28 heavy (non-hydrogen) atoms.